The molecule has 0 aliphatic heterocycles. The van der Waals surface area contributed by atoms with Gasteiger partial charge in [-0.2, -0.15) is 0 Å². The second kappa shape index (κ2) is 7.23. The van der Waals surface area contributed by atoms with Gasteiger partial charge in [-0.15, -0.1) is 0 Å². The monoisotopic (exact) mass is 400 g/mol. The molecule has 1 aromatic heterocycles. The molecule has 24 heavy (non-hydrogen) atoms. The quantitative estimate of drug-likeness (QED) is 0.378. The molecular weight excluding hydrogens is 391 g/mol. The highest BCUT2D eigenvalue weighted by Gasteiger charge is 2.36. The lowest BCUT2D eigenvalue weighted by molar-refractivity contribution is 0.0950. The van der Waals surface area contributed by atoms with Gasteiger partial charge >= 0.3 is 0 Å². The Morgan fingerprint density at radius 3 is 2.42 bits per heavy atom. The molecule has 0 bridgehead atoms. The highest BCUT2D eigenvalue weighted by molar-refractivity contribution is 8.00. The number of nitrogens with one attached hydrogen (secondary N) is 1. The van der Waals surface area contributed by atoms with Gasteiger partial charge < -0.3 is 9.73 Å². The SMILES string of the molecule is O=C(N[C@@H](Sc1nc2ccccc2o1)C(Cl)(Cl)Cl)c1ccccc1. The minimum Gasteiger partial charge on any atom is -0.431 e. The van der Waals surface area contributed by atoms with Crippen LogP contribution >= 0.6 is 46.6 Å². The van der Waals surface area contributed by atoms with E-state index in [1.54, 1.807) is 30.3 Å². The molecule has 2 aromatic carbocycles. The number of carbonyl (C=O) groups is 1. The van der Waals surface area contributed by atoms with Crippen molar-refractivity contribution in [3.05, 3.63) is 60.2 Å². The van der Waals surface area contributed by atoms with Crippen LogP contribution in [0.25, 0.3) is 11.1 Å². The van der Waals surface area contributed by atoms with Crippen LogP contribution in [-0.2, 0) is 0 Å². The summed E-state index contributed by atoms with van der Waals surface area (Å²) in [7, 11) is 0. The lowest BCUT2D eigenvalue weighted by Gasteiger charge is -2.23. The van der Waals surface area contributed by atoms with Crippen LogP contribution in [0.3, 0.4) is 0 Å². The van der Waals surface area contributed by atoms with Gasteiger partial charge in [0.15, 0.2) is 5.58 Å². The normalized spacial score (nSPS) is 13.0. The van der Waals surface area contributed by atoms with Crippen LogP contribution in [0.2, 0.25) is 0 Å². The maximum atomic E-state index is 12.3. The highest BCUT2D eigenvalue weighted by atomic mass is 35.6. The number of hydrogen-bond donors (Lipinski definition) is 1. The van der Waals surface area contributed by atoms with E-state index in [0.29, 0.717) is 21.9 Å². The number of halogens is 3. The minimum absolute atomic E-state index is 0.306. The zero-order chi connectivity index (χ0) is 17.2. The van der Waals surface area contributed by atoms with Crippen molar-refractivity contribution >= 4 is 63.6 Å². The smallest absolute Gasteiger partial charge is 0.258 e. The van der Waals surface area contributed by atoms with E-state index in [0.717, 1.165) is 11.8 Å². The number of alkyl halides is 3. The van der Waals surface area contributed by atoms with Crippen LogP contribution in [-0.4, -0.2) is 20.1 Å². The summed E-state index contributed by atoms with van der Waals surface area (Å²) in [5.41, 5.74) is 1.78. The summed E-state index contributed by atoms with van der Waals surface area (Å²) in [5, 5.41) is 2.13. The molecule has 0 unspecified atom stereocenters. The second-order valence-electron chi connectivity index (χ2n) is 4.83. The lowest BCUT2D eigenvalue weighted by Crippen LogP contribution is -2.41. The molecule has 1 amide bonds. The van der Waals surface area contributed by atoms with Crippen LogP contribution < -0.4 is 5.32 Å². The molecule has 4 nitrogen and oxygen atoms in total. The third-order valence-corrected chi connectivity index (χ3v) is 5.21. The molecule has 8 heteroatoms. The van der Waals surface area contributed by atoms with Gasteiger partial charge in [-0.1, -0.05) is 65.1 Å². The van der Waals surface area contributed by atoms with Crippen LogP contribution in [0.4, 0.5) is 0 Å². The number of para-hydroxylation sites is 2. The van der Waals surface area contributed by atoms with Crippen molar-refractivity contribution in [3.63, 3.8) is 0 Å². The zero-order valence-corrected chi connectivity index (χ0v) is 15.2. The molecule has 124 valence electrons. The Bertz CT molecular complexity index is 816. The Kier molecular flexibility index (Phi) is 5.25. The van der Waals surface area contributed by atoms with Gasteiger partial charge in [0.1, 0.15) is 10.9 Å². The Morgan fingerprint density at radius 1 is 1.08 bits per heavy atom. The predicted molar refractivity (Wildman–Crippen MR) is 97.9 cm³/mol. The number of carbonyl (C=O) groups excluding carboxylic acids is 1. The molecule has 0 radical (unpaired) electrons. The second-order valence-corrected chi connectivity index (χ2v) is 8.25. The number of aromatic nitrogens is 1. The summed E-state index contributed by atoms with van der Waals surface area (Å²) in [4.78, 5) is 16.6. The predicted octanol–water partition coefficient (Wildman–Crippen LogP) is 5.05. The van der Waals surface area contributed by atoms with E-state index in [9.17, 15) is 4.79 Å². The molecule has 0 fully saturated rings. The first-order valence-corrected chi connectivity index (χ1v) is 8.90. The van der Waals surface area contributed by atoms with Crippen molar-refractivity contribution in [2.24, 2.45) is 0 Å². The number of amides is 1. The first kappa shape index (κ1) is 17.4. The van der Waals surface area contributed by atoms with E-state index in [-0.39, 0.29) is 5.91 Å². The van der Waals surface area contributed by atoms with Gasteiger partial charge in [-0.3, -0.25) is 4.79 Å². The Labute approximate surface area is 157 Å². The van der Waals surface area contributed by atoms with Crippen molar-refractivity contribution in [3.8, 4) is 0 Å². The van der Waals surface area contributed by atoms with Crippen LogP contribution in [0, 0.1) is 0 Å². The van der Waals surface area contributed by atoms with Gasteiger partial charge in [-0.05, 0) is 36.0 Å². The maximum absolute atomic E-state index is 12.3. The molecule has 3 aromatic rings. The number of thioether (sulfide) groups is 1. The largest absolute Gasteiger partial charge is 0.431 e. The van der Waals surface area contributed by atoms with Crippen LogP contribution in [0.15, 0.2) is 64.2 Å². The molecule has 1 atom stereocenters. The summed E-state index contributed by atoms with van der Waals surface area (Å²) < 4.78 is 3.87. The summed E-state index contributed by atoms with van der Waals surface area (Å²) in [5.74, 6) is -0.351. The fourth-order valence-corrected chi connectivity index (χ4v) is 3.33. The molecule has 1 heterocycles. The van der Waals surface area contributed by atoms with Gasteiger partial charge in [0, 0.05) is 5.56 Å². The zero-order valence-electron chi connectivity index (χ0n) is 12.1. The van der Waals surface area contributed by atoms with Crippen molar-refractivity contribution < 1.29 is 9.21 Å². The fraction of sp³-hybridized carbons (Fsp3) is 0.125. The van der Waals surface area contributed by atoms with E-state index in [2.05, 4.69) is 10.3 Å². The molecule has 0 spiro atoms. The third-order valence-electron chi connectivity index (χ3n) is 3.09. The Balaban J connectivity index is 1.80. The Morgan fingerprint density at radius 2 is 1.75 bits per heavy atom. The van der Waals surface area contributed by atoms with Crippen molar-refractivity contribution in [1.29, 1.82) is 0 Å². The molecule has 3 rings (SSSR count). The summed E-state index contributed by atoms with van der Waals surface area (Å²) in [6.07, 6.45) is 0. The molecule has 0 aliphatic carbocycles. The van der Waals surface area contributed by atoms with E-state index in [4.69, 9.17) is 39.2 Å². The van der Waals surface area contributed by atoms with Crippen LogP contribution in [0.1, 0.15) is 10.4 Å². The number of nitrogens with zero attached hydrogens (tertiary/aromatic N) is 1. The summed E-state index contributed by atoms with van der Waals surface area (Å²) >= 11 is 19.1. The first-order chi connectivity index (χ1) is 11.4. The summed E-state index contributed by atoms with van der Waals surface area (Å²) in [6.45, 7) is 0. The molecule has 0 saturated heterocycles. The number of hydrogen-bond acceptors (Lipinski definition) is 4. The van der Waals surface area contributed by atoms with Gasteiger partial charge in [0.25, 0.3) is 11.1 Å². The molecular formula is C16H11Cl3N2O2S. The average Bonchev–Trinajstić information content (AvgIpc) is 2.96. The number of benzene rings is 2. The van der Waals surface area contributed by atoms with Crippen molar-refractivity contribution in [2.75, 3.05) is 0 Å². The lowest BCUT2D eigenvalue weighted by atomic mass is 10.2. The van der Waals surface area contributed by atoms with Crippen molar-refractivity contribution in [2.45, 2.75) is 14.4 Å². The number of fused-ring (bicyclic) bond motifs is 1. The van der Waals surface area contributed by atoms with Gasteiger partial charge in [0.2, 0.25) is 3.79 Å². The third kappa shape index (κ3) is 4.16. The first-order valence-electron chi connectivity index (χ1n) is 6.88. The molecule has 0 saturated carbocycles. The maximum Gasteiger partial charge on any atom is 0.258 e. The van der Waals surface area contributed by atoms with Crippen molar-refractivity contribution in [1.82, 2.24) is 10.3 Å². The standard InChI is InChI=1S/C16H11Cl3N2O2S/c17-16(18,19)14(21-13(22)10-6-2-1-3-7-10)24-15-20-11-8-4-5-9-12(11)23-15/h1-9,14H,(H,21,22)/t14-/m0/s1. The minimum atomic E-state index is -1.74. The Hall–Kier alpha value is -1.40. The molecule has 1 N–H and O–H groups in total. The number of rotatable bonds is 4. The topological polar surface area (TPSA) is 55.1 Å². The number of oxazole rings is 1. The van der Waals surface area contributed by atoms with Gasteiger partial charge in [-0.25, -0.2) is 4.98 Å². The highest BCUT2D eigenvalue weighted by Crippen LogP contribution is 2.39. The van der Waals surface area contributed by atoms with Crippen LogP contribution in [0.5, 0.6) is 0 Å². The van der Waals surface area contributed by atoms with E-state index in [1.807, 2.05) is 24.3 Å². The van der Waals surface area contributed by atoms with E-state index < -0.39 is 9.17 Å². The van der Waals surface area contributed by atoms with E-state index >= 15 is 0 Å². The summed E-state index contributed by atoms with van der Waals surface area (Å²) in [6, 6.07) is 16.0. The van der Waals surface area contributed by atoms with Gasteiger partial charge in [0.05, 0.1) is 0 Å². The fourth-order valence-electron chi connectivity index (χ4n) is 1.97. The average molecular weight is 402 g/mol. The molecule has 0 aliphatic rings. The van der Waals surface area contributed by atoms with E-state index in [1.165, 1.54) is 0 Å².